The van der Waals surface area contributed by atoms with Crippen LogP contribution in [0, 0.1) is 5.92 Å². The molecule has 0 saturated carbocycles. The van der Waals surface area contributed by atoms with E-state index < -0.39 is 0 Å². The Morgan fingerprint density at radius 2 is 1.30 bits per heavy atom. The fourth-order valence-electron chi connectivity index (χ4n) is 2.17. The molecule has 0 aliphatic carbocycles. The molecular formula is C30H52O3. The van der Waals surface area contributed by atoms with Gasteiger partial charge in [-0.1, -0.05) is 123 Å². The SMILES string of the molecule is C=CCOCC(O)CC(C)C.CC.CC(C)c1ccccc1.CCCC.Oc1ccccc1. The Labute approximate surface area is 205 Å². The standard InChI is InChI=1S/C9H18O2.C9H12.C6H6O.C4H10.C2H6/c1-4-5-11-7-9(10)6-8(2)3;1-8(2)9-6-4-3-5-7-9;7-6-4-2-1-3-5-6;1-3-4-2;1-2/h4,8-10H,1,5-7H2,2-3H3;3-8H,1-2H3;1-5,7H;3-4H2,1-2H3;1-2H3. The van der Waals surface area contributed by atoms with Crippen molar-refractivity contribution in [2.45, 2.75) is 86.7 Å². The van der Waals surface area contributed by atoms with E-state index >= 15 is 0 Å². The predicted molar refractivity (Wildman–Crippen MR) is 147 cm³/mol. The molecule has 0 bridgehead atoms. The van der Waals surface area contributed by atoms with Crippen LogP contribution in [-0.4, -0.2) is 29.5 Å². The normalized spacial score (nSPS) is 10.2. The highest BCUT2D eigenvalue weighted by Gasteiger charge is 2.05. The molecule has 33 heavy (non-hydrogen) atoms. The molecule has 0 spiro atoms. The fraction of sp³-hybridized carbons (Fsp3) is 0.533. The average molecular weight is 461 g/mol. The second-order valence-corrected chi connectivity index (χ2v) is 8.01. The minimum Gasteiger partial charge on any atom is -0.508 e. The Bertz CT molecular complexity index is 592. The molecular weight excluding hydrogens is 408 g/mol. The quantitative estimate of drug-likeness (QED) is 0.306. The Kier molecular flexibility index (Phi) is 30.0. The van der Waals surface area contributed by atoms with Crippen molar-refractivity contribution in [2.24, 2.45) is 5.92 Å². The molecule has 0 aromatic heterocycles. The first-order valence-corrected chi connectivity index (χ1v) is 12.4. The van der Waals surface area contributed by atoms with E-state index in [1.54, 1.807) is 30.3 Å². The van der Waals surface area contributed by atoms with Crippen LogP contribution >= 0.6 is 0 Å². The Morgan fingerprint density at radius 3 is 1.58 bits per heavy atom. The molecule has 0 aliphatic heterocycles. The number of phenolic OH excluding ortho intramolecular Hbond substituents is 1. The van der Waals surface area contributed by atoms with E-state index in [1.165, 1.54) is 18.4 Å². The zero-order chi connectivity index (χ0) is 25.9. The van der Waals surface area contributed by atoms with Gasteiger partial charge in [-0.05, 0) is 36.0 Å². The molecule has 0 radical (unpaired) electrons. The van der Waals surface area contributed by atoms with Gasteiger partial charge in [-0.2, -0.15) is 0 Å². The first kappa shape index (κ1) is 35.5. The molecule has 190 valence electrons. The lowest BCUT2D eigenvalue weighted by molar-refractivity contribution is 0.0377. The third-order valence-electron chi connectivity index (χ3n) is 4.01. The Hall–Kier alpha value is -2.10. The third-order valence-corrected chi connectivity index (χ3v) is 4.01. The van der Waals surface area contributed by atoms with Crippen molar-refractivity contribution in [1.82, 2.24) is 0 Å². The molecule has 0 amide bonds. The summed E-state index contributed by atoms with van der Waals surface area (Å²) in [5.41, 5.74) is 1.41. The summed E-state index contributed by atoms with van der Waals surface area (Å²) in [5, 5.41) is 17.9. The summed E-state index contributed by atoms with van der Waals surface area (Å²) < 4.78 is 5.08. The second kappa shape index (κ2) is 27.9. The van der Waals surface area contributed by atoms with Crippen molar-refractivity contribution >= 4 is 0 Å². The number of unbranched alkanes of at least 4 members (excludes halogenated alkanes) is 1. The lowest BCUT2D eigenvalue weighted by Crippen LogP contribution is -2.17. The van der Waals surface area contributed by atoms with Gasteiger partial charge in [-0.25, -0.2) is 0 Å². The van der Waals surface area contributed by atoms with E-state index in [0.717, 1.165) is 6.42 Å². The summed E-state index contributed by atoms with van der Waals surface area (Å²) >= 11 is 0. The summed E-state index contributed by atoms with van der Waals surface area (Å²) in [4.78, 5) is 0. The van der Waals surface area contributed by atoms with Gasteiger partial charge in [0.2, 0.25) is 0 Å². The van der Waals surface area contributed by atoms with Crippen LogP contribution in [0.25, 0.3) is 0 Å². The zero-order valence-corrected chi connectivity index (χ0v) is 22.6. The van der Waals surface area contributed by atoms with Crippen LogP contribution < -0.4 is 0 Å². The Balaban J connectivity index is -0.000000370. The van der Waals surface area contributed by atoms with E-state index in [9.17, 15) is 5.11 Å². The number of hydrogen-bond donors (Lipinski definition) is 2. The van der Waals surface area contributed by atoms with E-state index in [4.69, 9.17) is 9.84 Å². The lowest BCUT2D eigenvalue weighted by Gasteiger charge is -2.11. The smallest absolute Gasteiger partial charge is 0.115 e. The van der Waals surface area contributed by atoms with Crippen LogP contribution in [0.2, 0.25) is 0 Å². The molecule has 2 aromatic rings. The van der Waals surface area contributed by atoms with Crippen LogP contribution in [0.1, 0.15) is 86.1 Å². The van der Waals surface area contributed by atoms with Gasteiger partial charge in [0.25, 0.3) is 0 Å². The number of aliphatic hydroxyl groups excluding tert-OH is 1. The number of rotatable bonds is 8. The summed E-state index contributed by atoms with van der Waals surface area (Å²) in [6.45, 7) is 21.4. The monoisotopic (exact) mass is 460 g/mol. The van der Waals surface area contributed by atoms with Crippen molar-refractivity contribution < 1.29 is 14.9 Å². The predicted octanol–water partition coefficient (Wildman–Crippen LogP) is 8.63. The van der Waals surface area contributed by atoms with E-state index in [-0.39, 0.29) is 6.10 Å². The molecule has 3 nitrogen and oxygen atoms in total. The average Bonchev–Trinajstić information content (AvgIpc) is 2.82. The lowest BCUT2D eigenvalue weighted by atomic mass is 10.0. The topological polar surface area (TPSA) is 49.7 Å². The third kappa shape index (κ3) is 29.9. The van der Waals surface area contributed by atoms with Gasteiger partial charge in [0.05, 0.1) is 19.3 Å². The number of para-hydroxylation sites is 1. The number of ether oxygens (including phenoxy) is 1. The van der Waals surface area contributed by atoms with E-state index in [1.807, 2.05) is 26.0 Å². The molecule has 3 heteroatoms. The van der Waals surface area contributed by atoms with Gasteiger partial charge in [-0.15, -0.1) is 6.58 Å². The van der Waals surface area contributed by atoms with Crippen LogP contribution in [0.15, 0.2) is 73.3 Å². The van der Waals surface area contributed by atoms with Crippen molar-refractivity contribution in [3.8, 4) is 5.75 Å². The minimum absolute atomic E-state index is 0.322. The molecule has 0 aliphatic rings. The molecule has 2 N–H and O–H groups in total. The number of aromatic hydroxyl groups is 1. The second-order valence-electron chi connectivity index (χ2n) is 8.01. The number of phenols is 1. The maximum atomic E-state index is 9.29. The highest BCUT2D eigenvalue weighted by molar-refractivity contribution is 5.18. The minimum atomic E-state index is -0.324. The molecule has 1 atom stereocenters. The van der Waals surface area contributed by atoms with Crippen molar-refractivity contribution in [3.63, 3.8) is 0 Å². The highest BCUT2D eigenvalue weighted by atomic mass is 16.5. The number of hydrogen-bond acceptors (Lipinski definition) is 3. The van der Waals surface area contributed by atoms with Gasteiger partial charge >= 0.3 is 0 Å². The van der Waals surface area contributed by atoms with Crippen LogP contribution in [0.4, 0.5) is 0 Å². The molecule has 2 rings (SSSR count). The maximum Gasteiger partial charge on any atom is 0.115 e. The van der Waals surface area contributed by atoms with Crippen LogP contribution in [-0.2, 0) is 4.74 Å². The molecule has 1 unspecified atom stereocenters. The fourth-order valence-corrected chi connectivity index (χ4v) is 2.17. The van der Waals surface area contributed by atoms with Crippen LogP contribution in [0.3, 0.4) is 0 Å². The van der Waals surface area contributed by atoms with Gasteiger partial charge in [0, 0.05) is 0 Å². The van der Waals surface area contributed by atoms with E-state index in [2.05, 4.69) is 72.4 Å². The largest absolute Gasteiger partial charge is 0.508 e. The maximum absolute atomic E-state index is 9.29. The number of benzene rings is 2. The van der Waals surface area contributed by atoms with Gasteiger partial charge in [0.15, 0.2) is 0 Å². The molecule has 0 fully saturated rings. The first-order chi connectivity index (χ1) is 15.8. The van der Waals surface area contributed by atoms with Crippen LogP contribution in [0.5, 0.6) is 5.75 Å². The van der Waals surface area contributed by atoms with E-state index in [0.29, 0.717) is 30.8 Å². The van der Waals surface area contributed by atoms with Crippen molar-refractivity contribution in [2.75, 3.05) is 13.2 Å². The summed E-state index contributed by atoms with van der Waals surface area (Å²) in [6.07, 6.45) is 4.80. The first-order valence-electron chi connectivity index (χ1n) is 12.4. The van der Waals surface area contributed by atoms with Gasteiger partial charge < -0.3 is 14.9 Å². The summed E-state index contributed by atoms with van der Waals surface area (Å²) in [5.74, 6) is 1.51. The summed E-state index contributed by atoms with van der Waals surface area (Å²) in [6, 6.07) is 19.2. The van der Waals surface area contributed by atoms with Crippen molar-refractivity contribution in [1.29, 1.82) is 0 Å². The molecule has 2 aromatic carbocycles. The Morgan fingerprint density at radius 1 is 0.848 bits per heavy atom. The molecule has 0 heterocycles. The van der Waals surface area contributed by atoms with Gasteiger partial charge in [0.1, 0.15) is 5.75 Å². The van der Waals surface area contributed by atoms with Gasteiger partial charge in [-0.3, -0.25) is 0 Å². The zero-order valence-electron chi connectivity index (χ0n) is 22.6. The highest BCUT2D eigenvalue weighted by Crippen LogP contribution is 2.11. The molecule has 0 saturated heterocycles. The summed E-state index contributed by atoms with van der Waals surface area (Å²) in [7, 11) is 0. The number of aliphatic hydroxyl groups is 1. The van der Waals surface area contributed by atoms with Crippen molar-refractivity contribution in [3.05, 3.63) is 78.9 Å².